The van der Waals surface area contributed by atoms with Crippen molar-refractivity contribution in [2.75, 3.05) is 13.1 Å². The number of hydrogen-bond donors (Lipinski definition) is 1. The normalized spacial score (nSPS) is 21.7. The van der Waals surface area contributed by atoms with Crippen LogP contribution in [0, 0.1) is 6.92 Å². The predicted octanol–water partition coefficient (Wildman–Crippen LogP) is 0.744. The van der Waals surface area contributed by atoms with Gasteiger partial charge in [0.05, 0.1) is 11.4 Å². The molecule has 1 fully saturated rings. The van der Waals surface area contributed by atoms with E-state index >= 15 is 0 Å². The van der Waals surface area contributed by atoms with E-state index < -0.39 is 0 Å². The first-order valence-electron chi connectivity index (χ1n) is 5.72. The fourth-order valence-electron chi connectivity index (χ4n) is 2.18. The summed E-state index contributed by atoms with van der Waals surface area (Å²) in [6, 6.07) is 2.76. The lowest BCUT2D eigenvalue weighted by atomic mass is 10.0. The Morgan fingerprint density at radius 3 is 2.93 bits per heavy atom. The van der Waals surface area contributed by atoms with Gasteiger partial charge in [0.25, 0.3) is 0 Å². The zero-order valence-corrected chi connectivity index (χ0v) is 9.61. The maximum atomic E-state index is 5.69. The highest BCUT2D eigenvalue weighted by atomic mass is 15.3. The number of aryl methyl sites for hydroxylation is 2. The highest BCUT2D eigenvalue weighted by Crippen LogP contribution is 2.19. The van der Waals surface area contributed by atoms with Gasteiger partial charge >= 0.3 is 0 Å². The van der Waals surface area contributed by atoms with E-state index in [-0.39, 0.29) is 0 Å². The zero-order valence-electron chi connectivity index (χ0n) is 9.61. The molecule has 84 valence electrons. The zero-order chi connectivity index (χ0) is 10.8. The van der Waals surface area contributed by atoms with Crippen molar-refractivity contribution in [2.45, 2.75) is 39.4 Å². The minimum absolute atomic E-state index is 0.588. The van der Waals surface area contributed by atoms with Crippen molar-refractivity contribution in [3.05, 3.63) is 17.5 Å². The molecule has 0 aliphatic carbocycles. The van der Waals surface area contributed by atoms with E-state index in [9.17, 15) is 0 Å². The second-order valence-electron chi connectivity index (χ2n) is 4.24. The van der Waals surface area contributed by atoms with Gasteiger partial charge < -0.3 is 5.73 Å². The van der Waals surface area contributed by atoms with E-state index in [1.807, 2.05) is 6.92 Å². The third-order valence-corrected chi connectivity index (χ3v) is 3.19. The topological polar surface area (TPSA) is 47.1 Å². The minimum atomic E-state index is 0.588. The van der Waals surface area contributed by atoms with Crippen LogP contribution in [0.4, 0.5) is 0 Å². The molecule has 1 saturated heterocycles. The second kappa shape index (κ2) is 4.33. The van der Waals surface area contributed by atoms with E-state index in [1.54, 1.807) is 0 Å². The van der Waals surface area contributed by atoms with Gasteiger partial charge in [-0.05, 0) is 26.3 Å². The quantitative estimate of drug-likeness (QED) is 0.794. The maximum absolute atomic E-state index is 5.69. The van der Waals surface area contributed by atoms with Crippen LogP contribution in [0.25, 0.3) is 0 Å². The van der Waals surface area contributed by atoms with Gasteiger partial charge in [-0.15, -0.1) is 0 Å². The van der Waals surface area contributed by atoms with E-state index in [2.05, 4.69) is 27.7 Å². The van der Waals surface area contributed by atoms with Crippen LogP contribution >= 0.6 is 0 Å². The summed E-state index contributed by atoms with van der Waals surface area (Å²) in [6.45, 7) is 8.08. The first kappa shape index (κ1) is 10.6. The van der Waals surface area contributed by atoms with E-state index in [1.165, 1.54) is 18.7 Å². The molecule has 1 aliphatic rings. The Labute approximate surface area is 91.1 Å². The molecule has 1 aromatic rings. The van der Waals surface area contributed by atoms with Crippen LogP contribution in [-0.2, 0) is 13.1 Å². The molecule has 1 atom stereocenters. The summed E-state index contributed by atoms with van der Waals surface area (Å²) in [6.07, 6.45) is 1.25. The van der Waals surface area contributed by atoms with Gasteiger partial charge in [0.15, 0.2) is 0 Å². The molecular weight excluding hydrogens is 188 g/mol. The Bertz CT molecular complexity index is 329. The highest BCUT2D eigenvalue weighted by Gasteiger charge is 2.27. The molecule has 2 heterocycles. The van der Waals surface area contributed by atoms with Gasteiger partial charge in [0.2, 0.25) is 0 Å². The summed E-state index contributed by atoms with van der Waals surface area (Å²) in [5, 5.41) is 4.45. The fourth-order valence-corrected chi connectivity index (χ4v) is 2.18. The van der Waals surface area contributed by atoms with Gasteiger partial charge in [-0.3, -0.25) is 9.58 Å². The van der Waals surface area contributed by atoms with E-state index in [0.717, 1.165) is 25.3 Å². The Morgan fingerprint density at radius 2 is 2.40 bits per heavy atom. The molecule has 4 heteroatoms. The van der Waals surface area contributed by atoms with Crippen LogP contribution in [0.5, 0.6) is 0 Å². The Kier molecular flexibility index (Phi) is 3.07. The van der Waals surface area contributed by atoms with Crippen molar-refractivity contribution in [3.63, 3.8) is 0 Å². The Hall–Kier alpha value is -0.870. The first-order valence-corrected chi connectivity index (χ1v) is 5.72. The SMILES string of the molecule is CCn1nc(C)cc1CN1CCC1CN. The molecule has 0 spiro atoms. The van der Waals surface area contributed by atoms with Crippen molar-refractivity contribution in [3.8, 4) is 0 Å². The molecule has 1 unspecified atom stereocenters. The number of rotatable bonds is 4. The lowest BCUT2D eigenvalue weighted by Crippen LogP contribution is -2.51. The molecular formula is C11H20N4. The van der Waals surface area contributed by atoms with Crippen LogP contribution in [-0.4, -0.2) is 33.8 Å². The van der Waals surface area contributed by atoms with Crippen LogP contribution in [0.1, 0.15) is 24.7 Å². The standard InChI is InChI=1S/C11H20N4/c1-3-15-11(6-9(2)13-15)8-14-5-4-10(14)7-12/h6,10H,3-5,7-8,12H2,1-2H3. The first-order chi connectivity index (χ1) is 7.24. The van der Waals surface area contributed by atoms with E-state index in [0.29, 0.717) is 6.04 Å². The van der Waals surface area contributed by atoms with Crippen molar-refractivity contribution < 1.29 is 0 Å². The Balaban J connectivity index is 2.03. The molecule has 4 nitrogen and oxygen atoms in total. The molecule has 2 rings (SSSR count). The summed E-state index contributed by atoms with van der Waals surface area (Å²) in [7, 11) is 0. The number of nitrogens with zero attached hydrogens (tertiary/aromatic N) is 3. The second-order valence-corrected chi connectivity index (χ2v) is 4.24. The van der Waals surface area contributed by atoms with Crippen molar-refractivity contribution in [1.29, 1.82) is 0 Å². The number of nitrogens with two attached hydrogens (primary N) is 1. The average Bonchev–Trinajstić information content (AvgIpc) is 2.54. The number of aromatic nitrogens is 2. The summed E-state index contributed by atoms with van der Waals surface area (Å²) in [5.74, 6) is 0. The van der Waals surface area contributed by atoms with Gasteiger partial charge in [0.1, 0.15) is 0 Å². The van der Waals surface area contributed by atoms with E-state index in [4.69, 9.17) is 5.73 Å². The Morgan fingerprint density at radius 1 is 1.60 bits per heavy atom. The van der Waals surface area contributed by atoms with Gasteiger partial charge in [-0.2, -0.15) is 5.10 Å². The predicted molar refractivity (Wildman–Crippen MR) is 60.5 cm³/mol. The van der Waals surface area contributed by atoms with Crippen LogP contribution in [0.2, 0.25) is 0 Å². The number of likely N-dealkylation sites (tertiary alicyclic amines) is 1. The molecule has 0 bridgehead atoms. The van der Waals surface area contributed by atoms with Crippen molar-refractivity contribution in [1.82, 2.24) is 14.7 Å². The minimum Gasteiger partial charge on any atom is -0.329 e. The summed E-state index contributed by atoms with van der Waals surface area (Å²) >= 11 is 0. The van der Waals surface area contributed by atoms with Crippen LogP contribution in [0.15, 0.2) is 6.07 Å². The van der Waals surface area contributed by atoms with Crippen molar-refractivity contribution in [2.24, 2.45) is 5.73 Å². The highest BCUT2D eigenvalue weighted by molar-refractivity contribution is 5.09. The lowest BCUT2D eigenvalue weighted by molar-refractivity contribution is 0.0849. The monoisotopic (exact) mass is 208 g/mol. The lowest BCUT2D eigenvalue weighted by Gasteiger charge is -2.40. The molecule has 1 aromatic heterocycles. The molecule has 0 saturated carbocycles. The third-order valence-electron chi connectivity index (χ3n) is 3.19. The summed E-state index contributed by atoms with van der Waals surface area (Å²) in [4.78, 5) is 2.43. The van der Waals surface area contributed by atoms with Gasteiger partial charge in [-0.1, -0.05) is 0 Å². The van der Waals surface area contributed by atoms with Gasteiger partial charge in [0, 0.05) is 32.2 Å². The van der Waals surface area contributed by atoms with Gasteiger partial charge in [-0.25, -0.2) is 0 Å². The maximum Gasteiger partial charge on any atom is 0.0597 e. The third kappa shape index (κ3) is 2.06. The molecule has 15 heavy (non-hydrogen) atoms. The smallest absolute Gasteiger partial charge is 0.0597 e. The average molecular weight is 208 g/mol. The van der Waals surface area contributed by atoms with Crippen LogP contribution < -0.4 is 5.73 Å². The molecule has 0 aromatic carbocycles. The van der Waals surface area contributed by atoms with Crippen LogP contribution in [0.3, 0.4) is 0 Å². The molecule has 2 N–H and O–H groups in total. The summed E-state index contributed by atoms with van der Waals surface area (Å²) in [5.41, 5.74) is 8.11. The largest absolute Gasteiger partial charge is 0.329 e. The molecule has 0 amide bonds. The fraction of sp³-hybridized carbons (Fsp3) is 0.727. The van der Waals surface area contributed by atoms with Crippen molar-refractivity contribution >= 4 is 0 Å². The number of hydrogen-bond acceptors (Lipinski definition) is 3. The summed E-state index contributed by atoms with van der Waals surface area (Å²) < 4.78 is 2.08. The molecule has 1 aliphatic heterocycles. The molecule has 0 radical (unpaired) electrons.